The number of rotatable bonds is 5. The number of nitrogens with one attached hydrogen (secondary N) is 1. The summed E-state index contributed by atoms with van der Waals surface area (Å²) in [6.45, 7) is 3.16. The van der Waals surface area contributed by atoms with Crippen molar-refractivity contribution in [1.82, 2.24) is 9.29 Å². The van der Waals surface area contributed by atoms with Crippen molar-refractivity contribution >= 4 is 33.0 Å². The van der Waals surface area contributed by atoms with Gasteiger partial charge in [0.15, 0.2) is 0 Å². The standard InChI is InChI=1S/C20H21N3O4S2/c1-14-3-2-9-23(11-14)29(25,26)17-6-4-16(5-7-17)21-19(24)18-13-28-20(22-18)15-8-10-27-12-15/h4-8,10,12-14H,2-3,9,11H2,1H3,(H,21,24). The normalized spacial score (nSPS) is 17.9. The molecule has 1 atom stereocenters. The largest absolute Gasteiger partial charge is 0.472 e. The smallest absolute Gasteiger partial charge is 0.275 e. The zero-order chi connectivity index (χ0) is 20.4. The first kappa shape index (κ1) is 19.8. The molecule has 1 aromatic carbocycles. The third-order valence-corrected chi connectivity index (χ3v) is 7.65. The molecular formula is C20H21N3O4S2. The van der Waals surface area contributed by atoms with E-state index in [2.05, 4.69) is 17.2 Å². The molecule has 29 heavy (non-hydrogen) atoms. The number of anilines is 1. The SMILES string of the molecule is CC1CCCN(S(=O)(=O)c2ccc(NC(=O)c3csc(-c4ccoc4)n3)cc2)C1. The maximum absolute atomic E-state index is 12.8. The van der Waals surface area contributed by atoms with E-state index in [9.17, 15) is 13.2 Å². The molecule has 1 unspecified atom stereocenters. The summed E-state index contributed by atoms with van der Waals surface area (Å²) in [4.78, 5) is 17.0. The van der Waals surface area contributed by atoms with Gasteiger partial charge in [-0.1, -0.05) is 6.92 Å². The van der Waals surface area contributed by atoms with Crippen LogP contribution in [0.1, 0.15) is 30.3 Å². The maximum atomic E-state index is 12.8. The zero-order valence-electron chi connectivity index (χ0n) is 15.9. The second-order valence-corrected chi connectivity index (χ2v) is 9.93. The predicted octanol–water partition coefficient (Wildman–Crippen LogP) is 4.08. The molecule has 1 saturated heterocycles. The van der Waals surface area contributed by atoms with E-state index in [1.807, 2.05) is 0 Å². The number of piperidine rings is 1. The first-order valence-corrected chi connectivity index (χ1v) is 11.6. The van der Waals surface area contributed by atoms with E-state index in [-0.39, 0.29) is 10.8 Å². The van der Waals surface area contributed by atoms with Crippen LogP contribution in [0.5, 0.6) is 0 Å². The Hall–Kier alpha value is -2.49. The fourth-order valence-electron chi connectivity index (χ4n) is 3.32. The lowest BCUT2D eigenvalue weighted by Gasteiger charge is -2.30. The van der Waals surface area contributed by atoms with Crippen LogP contribution in [0.25, 0.3) is 10.6 Å². The fourth-order valence-corrected chi connectivity index (χ4v) is 5.70. The van der Waals surface area contributed by atoms with Gasteiger partial charge in [-0.25, -0.2) is 13.4 Å². The van der Waals surface area contributed by atoms with Gasteiger partial charge in [-0.15, -0.1) is 11.3 Å². The minimum atomic E-state index is -3.51. The summed E-state index contributed by atoms with van der Waals surface area (Å²) in [5.74, 6) is 0.0126. The molecule has 3 heterocycles. The molecule has 1 amide bonds. The van der Waals surface area contributed by atoms with Crippen molar-refractivity contribution in [2.45, 2.75) is 24.7 Å². The monoisotopic (exact) mass is 431 g/mol. The van der Waals surface area contributed by atoms with E-state index < -0.39 is 10.0 Å². The average molecular weight is 432 g/mol. The number of nitrogens with zero attached hydrogens (tertiary/aromatic N) is 2. The molecule has 0 aliphatic carbocycles. The van der Waals surface area contributed by atoms with Gasteiger partial charge in [0.05, 0.1) is 11.2 Å². The first-order chi connectivity index (χ1) is 13.9. The number of amides is 1. The molecule has 0 radical (unpaired) electrons. The van der Waals surface area contributed by atoms with Crippen molar-refractivity contribution in [3.05, 3.63) is 53.9 Å². The molecule has 0 bridgehead atoms. The van der Waals surface area contributed by atoms with Crippen molar-refractivity contribution in [2.24, 2.45) is 5.92 Å². The highest BCUT2D eigenvalue weighted by atomic mass is 32.2. The Labute approximate surface area is 173 Å². The Bertz CT molecular complexity index is 1090. The molecule has 1 N–H and O–H groups in total. The van der Waals surface area contributed by atoms with Crippen molar-refractivity contribution in [3.8, 4) is 10.6 Å². The van der Waals surface area contributed by atoms with Crippen LogP contribution in [0.4, 0.5) is 5.69 Å². The second kappa shape index (κ2) is 8.10. The minimum Gasteiger partial charge on any atom is -0.472 e. The molecule has 1 aliphatic rings. The summed E-state index contributed by atoms with van der Waals surface area (Å²) >= 11 is 1.35. The maximum Gasteiger partial charge on any atom is 0.275 e. The van der Waals surface area contributed by atoms with Crippen LogP contribution >= 0.6 is 11.3 Å². The second-order valence-electron chi connectivity index (χ2n) is 7.14. The summed E-state index contributed by atoms with van der Waals surface area (Å²) in [6, 6.07) is 8.04. The Kier molecular flexibility index (Phi) is 5.53. The lowest BCUT2D eigenvalue weighted by atomic mass is 10.0. The predicted molar refractivity (Wildman–Crippen MR) is 111 cm³/mol. The number of hydrogen-bond donors (Lipinski definition) is 1. The van der Waals surface area contributed by atoms with Crippen LogP contribution in [-0.4, -0.2) is 36.7 Å². The molecule has 0 saturated carbocycles. The number of carbonyl (C=O) groups excluding carboxylic acids is 1. The number of carbonyl (C=O) groups is 1. The van der Waals surface area contributed by atoms with Crippen LogP contribution in [0, 0.1) is 5.92 Å². The molecule has 2 aromatic heterocycles. The summed E-state index contributed by atoms with van der Waals surface area (Å²) in [5, 5.41) is 5.13. The van der Waals surface area contributed by atoms with Gasteiger partial charge in [0.1, 0.15) is 17.0 Å². The highest BCUT2D eigenvalue weighted by Gasteiger charge is 2.28. The lowest BCUT2D eigenvalue weighted by Crippen LogP contribution is -2.39. The Morgan fingerprint density at radius 3 is 2.76 bits per heavy atom. The van der Waals surface area contributed by atoms with Gasteiger partial charge in [-0.3, -0.25) is 4.79 Å². The Morgan fingerprint density at radius 2 is 2.07 bits per heavy atom. The van der Waals surface area contributed by atoms with E-state index >= 15 is 0 Å². The highest BCUT2D eigenvalue weighted by Crippen LogP contribution is 2.26. The minimum absolute atomic E-state index is 0.237. The van der Waals surface area contributed by atoms with Crippen LogP contribution < -0.4 is 5.32 Å². The summed E-state index contributed by atoms with van der Waals surface area (Å²) < 4.78 is 32.2. The zero-order valence-corrected chi connectivity index (χ0v) is 17.5. The third-order valence-electron chi connectivity index (χ3n) is 4.87. The molecule has 0 spiro atoms. The summed E-state index contributed by atoms with van der Waals surface area (Å²) in [6.07, 6.45) is 5.05. The molecule has 3 aromatic rings. The number of hydrogen-bond acceptors (Lipinski definition) is 6. The van der Waals surface area contributed by atoms with Gasteiger partial charge >= 0.3 is 0 Å². The molecule has 152 valence electrons. The van der Waals surface area contributed by atoms with E-state index in [1.54, 1.807) is 40.4 Å². The van der Waals surface area contributed by atoms with Gasteiger partial charge in [0.25, 0.3) is 5.91 Å². The van der Waals surface area contributed by atoms with Gasteiger partial charge < -0.3 is 9.73 Å². The van der Waals surface area contributed by atoms with E-state index in [1.165, 1.54) is 23.5 Å². The lowest BCUT2D eigenvalue weighted by molar-refractivity contribution is 0.102. The van der Waals surface area contributed by atoms with E-state index in [4.69, 9.17) is 4.42 Å². The van der Waals surface area contributed by atoms with Crippen LogP contribution in [0.15, 0.2) is 57.6 Å². The van der Waals surface area contributed by atoms with Gasteiger partial charge in [-0.2, -0.15) is 4.31 Å². The number of aromatic nitrogens is 1. The Balaban J connectivity index is 1.45. The quantitative estimate of drug-likeness (QED) is 0.657. The average Bonchev–Trinajstić information content (AvgIpc) is 3.40. The number of thiazole rings is 1. The van der Waals surface area contributed by atoms with Gasteiger partial charge in [0, 0.05) is 29.7 Å². The van der Waals surface area contributed by atoms with Crippen molar-refractivity contribution in [2.75, 3.05) is 18.4 Å². The van der Waals surface area contributed by atoms with E-state index in [0.29, 0.717) is 35.4 Å². The van der Waals surface area contributed by atoms with Crippen LogP contribution in [-0.2, 0) is 10.0 Å². The number of furan rings is 1. The first-order valence-electron chi connectivity index (χ1n) is 9.33. The van der Waals surface area contributed by atoms with Crippen LogP contribution in [0.3, 0.4) is 0 Å². The fraction of sp³-hybridized carbons (Fsp3) is 0.300. The number of benzene rings is 1. The number of sulfonamides is 1. The van der Waals surface area contributed by atoms with E-state index in [0.717, 1.165) is 18.4 Å². The molecule has 4 rings (SSSR count). The third kappa shape index (κ3) is 4.26. The molecular weight excluding hydrogens is 410 g/mol. The summed E-state index contributed by atoms with van der Waals surface area (Å²) in [5.41, 5.74) is 1.62. The van der Waals surface area contributed by atoms with Crippen molar-refractivity contribution < 1.29 is 17.6 Å². The molecule has 1 aliphatic heterocycles. The van der Waals surface area contributed by atoms with Gasteiger partial charge in [-0.05, 0) is 49.1 Å². The Morgan fingerprint density at radius 1 is 1.28 bits per heavy atom. The highest BCUT2D eigenvalue weighted by molar-refractivity contribution is 7.89. The molecule has 1 fully saturated rings. The van der Waals surface area contributed by atoms with Crippen LogP contribution in [0.2, 0.25) is 0 Å². The molecule has 9 heteroatoms. The summed E-state index contributed by atoms with van der Waals surface area (Å²) in [7, 11) is -3.51. The van der Waals surface area contributed by atoms with Gasteiger partial charge in [0.2, 0.25) is 10.0 Å². The van der Waals surface area contributed by atoms with Crippen molar-refractivity contribution in [3.63, 3.8) is 0 Å². The topological polar surface area (TPSA) is 92.5 Å². The van der Waals surface area contributed by atoms with Crippen molar-refractivity contribution in [1.29, 1.82) is 0 Å². The molecule has 7 nitrogen and oxygen atoms in total.